The first kappa shape index (κ1) is 14.1. The van der Waals surface area contributed by atoms with Crippen LogP contribution in [0.1, 0.15) is 22.8 Å². The lowest BCUT2D eigenvalue weighted by Crippen LogP contribution is -2.11. The molecular weight excluding hydrogens is 274 g/mol. The maximum absolute atomic E-state index is 12.2. The largest absolute Gasteiger partial charge is 0.322 e. The van der Waals surface area contributed by atoms with Gasteiger partial charge in [-0.1, -0.05) is 19.1 Å². The number of benzene rings is 2. The number of hydrogen-bond donors (Lipinski definition) is 1. The van der Waals surface area contributed by atoms with Gasteiger partial charge in [0.15, 0.2) is 0 Å². The SMILES string of the molecule is CCc1ccc(NC(=O)c2ccc(-n3cccn3)cc2)cc1. The standard InChI is InChI=1S/C18H17N3O/c1-2-14-4-8-16(9-5-14)20-18(22)15-6-10-17(11-7-15)21-13-3-12-19-21/h3-13H,2H2,1H3,(H,20,22). The van der Waals surface area contributed by atoms with Crippen LogP contribution in [-0.4, -0.2) is 15.7 Å². The van der Waals surface area contributed by atoms with E-state index in [1.165, 1.54) is 5.56 Å². The minimum atomic E-state index is -0.115. The molecule has 0 bridgehead atoms. The molecule has 1 heterocycles. The highest BCUT2D eigenvalue weighted by atomic mass is 16.1. The van der Waals surface area contributed by atoms with Crippen LogP contribution in [0.5, 0.6) is 0 Å². The first-order chi connectivity index (χ1) is 10.8. The molecule has 110 valence electrons. The van der Waals surface area contributed by atoms with Gasteiger partial charge in [-0.05, 0) is 54.4 Å². The molecule has 0 spiro atoms. The van der Waals surface area contributed by atoms with Crippen molar-refractivity contribution in [1.82, 2.24) is 9.78 Å². The van der Waals surface area contributed by atoms with Crippen LogP contribution in [0.25, 0.3) is 5.69 Å². The summed E-state index contributed by atoms with van der Waals surface area (Å²) in [4.78, 5) is 12.2. The number of hydrogen-bond acceptors (Lipinski definition) is 2. The van der Waals surface area contributed by atoms with Gasteiger partial charge in [-0.15, -0.1) is 0 Å². The Bertz CT molecular complexity index is 744. The van der Waals surface area contributed by atoms with Crippen LogP contribution in [0, 0.1) is 0 Å². The predicted octanol–water partition coefficient (Wildman–Crippen LogP) is 3.69. The number of anilines is 1. The number of aromatic nitrogens is 2. The van der Waals surface area contributed by atoms with Gasteiger partial charge in [0.1, 0.15) is 0 Å². The molecule has 4 nitrogen and oxygen atoms in total. The second-order valence-corrected chi connectivity index (χ2v) is 5.00. The van der Waals surface area contributed by atoms with Crippen molar-refractivity contribution in [2.75, 3.05) is 5.32 Å². The van der Waals surface area contributed by atoms with E-state index in [1.54, 1.807) is 23.0 Å². The molecule has 1 N–H and O–H groups in total. The van der Waals surface area contributed by atoms with Gasteiger partial charge in [0, 0.05) is 23.6 Å². The number of nitrogens with one attached hydrogen (secondary N) is 1. The maximum Gasteiger partial charge on any atom is 0.255 e. The molecule has 3 rings (SSSR count). The van der Waals surface area contributed by atoms with Gasteiger partial charge in [0.2, 0.25) is 0 Å². The molecule has 4 heteroatoms. The third kappa shape index (κ3) is 3.06. The fourth-order valence-electron chi connectivity index (χ4n) is 2.21. The average molecular weight is 291 g/mol. The molecule has 0 aliphatic carbocycles. The Labute approximate surface area is 129 Å². The van der Waals surface area contributed by atoms with Crippen molar-refractivity contribution >= 4 is 11.6 Å². The maximum atomic E-state index is 12.2. The Balaban J connectivity index is 1.71. The summed E-state index contributed by atoms with van der Waals surface area (Å²) in [6, 6.07) is 17.1. The highest BCUT2D eigenvalue weighted by Gasteiger charge is 2.06. The Hall–Kier alpha value is -2.88. The van der Waals surface area contributed by atoms with E-state index in [-0.39, 0.29) is 5.91 Å². The minimum absolute atomic E-state index is 0.115. The van der Waals surface area contributed by atoms with E-state index in [2.05, 4.69) is 17.3 Å². The highest BCUT2D eigenvalue weighted by Crippen LogP contribution is 2.13. The topological polar surface area (TPSA) is 46.9 Å². The third-order valence-electron chi connectivity index (χ3n) is 3.52. The lowest BCUT2D eigenvalue weighted by molar-refractivity contribution is 0.102. The van der Waals surface area contributed by atoms with Crippen LogP contribution in [0.3, 0.4) is 0 Å². The van der Waals surface area contributed by atoms with Crippen molar-refractivity contribution in [2.24, 2.45) is 0 Å². The molecule has 0 aliphatic rings. The van der Waals surface area contributed by atoms with Crippen molar-refractivity contribution in [3.63, 3.8) is 0 Å². The van der Waals surface area contributed by atoms with E-state index < -0.39 is 0 Å². The monoisotopic (exact) mass is 291 g/mol. The smallest absolute Gasteiger partial charge is 0.255 e. The van der Waals surface area contributed by atoms with Gasteiger partial charge in [0.05, 0.1) is 5.69 Å². The van der Waals surface area contributed by atoms with E-state index >= 15 is 0 Å². The zero-order valence-corrected chi connectivity index (χ0v) is 12.4. The second-order valence-electron chi connectivity index (χ2n) is 5.00. The number of amides is 1. The lowest BCUT2D eigenvalue weighted by atomic mass is 10.1. The first-order valence-electron chi connectivity index (χ1n) is 7.26. The molecule has 0 fully saturated rings. The van der Waals surface area contributed by atoms with Crippen molar-refractivity contribution < 1.29 is 4.79 Å². The van der Waals surface area contributed by atoms with Gasteiger partial charge < -0.3 is 5.32 Å². The van der Waals surface area contributed by atoms with Crippen LogP contribution < -0.4 is 5.32 Å². The molecule has 0 atom stereocenters. The molecule has 2 aromatic carbocycles. The van der Waals surface area contributed by atoms with Gasteiger partial charge in [-0.2, -0.15) is 5.10 Å². The van der Waals surface area contributed by atoms with Gasteiger partial charge in [0.25, 0.3) is 5.91 Å². The van der Waals surface area contributed by atoms with Crippen LogP contribution in [-0.2, 0) is 6.42 Å². The zero-order valence-electron chi connectivity index (χ0n) is 12.4. The molecule has 0 unspecified atom stereocenters. The van der Waals surface area contributed by atoms with Crippen molar-refractivity contribution in [1.29, 1.82) is 0 Å². The lowest BCUT2D eigenvalue weighted by Gasteiger charge is -2.07. The van der Waals surface area contributed by atoms with Crippen LogP contribution in [0.4, 0.5) is 5.69 Å². The molecule has 0 saturated carbocycles. The molecule has 1 amide bonds. The summed E-state index contributed by atoms with van der Waals surface area (Å²) in [6.45, 7) is 2.11. The summed E-state index contributed by atoms with van der Waals surface area (Å²) in [5.41, 5.74) is 3.60. The Morgan fingerprint density at radius 1 is 1.09 bits per heavy atom. The Morgan fingerprint density at radius 2 is 1.82 bits per heavy atom. The van der Waals surface area contributed by atoms with Crippen LogP contribution >= 0.6 is 0 Å². The predicted molar refractivity (Wildman–Crippen MR) is 87.3 cm³/mol. The fourth-order valence-corrected chi connectivity index (χ4v) is 2.21. The first-order valence-corrected chi connectivity index (χ1v) is 7.26. The Morgan fingerprint density at radius 3 is 2.41 bits per heavy atom. The van der Waals surface area contributed by atoms with E-state index in [4.69, 9.17) is 0 Å². The van der Waals surface area contributed by atoms with Crippen LogP contribution in [0.15, 0.2) is 67.0 Å². The average Bonchev–Trinajstić information content (AvgIpc) is 3.10. The van der Waals surface area contributed by atoms with Crippen molar-refractivity contribution in [2.45, 2.75) is 13.3 Å². The molecule has 22 heavy (non-hydrogen) atoms. The normalized spacial score (nSPS) is 10.4. The van der Waals surface area contributed by atoms with Gasteiger partial charge >= 0.3 is 0 Å². The highest BCUT2D eigenvalue weighted by molar-refractivity contribution is 6.04. The molecule has 1 aromatic heterocycles. The summed E-state index contributed by atoms with van der Waals surface area (Å²) in [6.07, 6.45) is 4.58. The molecule has 0 saturated heterocycles. The summed E-state index contributed by atoms with van der Waals surface area (Å²) < 4.78 is 1.76. The fraction of sp³-hybridized carbons (Fsp3) is 0.111. The molecule has 0 radical (unpaired) electrons. The second kappa shape index (κ2) is 6.26. The number of aryl methyl sites for hydroxylation is 1. The van der Waals surface area contributed by atoms with E-state index in [0.717, 1.165) is 17.8 Å². The van der Waals surface area contributed by atoms with E-state index in [9.17, 15) is 4.79 Å². The molecule has 0 aliphatic heterocycles. The quantitative estimate of drug-likeness (QED) is 0.797. The number of carbonyl (C=O) groups is 1. The Kier molecular flexibility index (Phi) is 4.01. The zero-order chi connectivity index (χ0) is 15.4. The molecule has 3 aromatic rings. The van der Waals surface area contributed by atoms with Crippen molar-refractivity contribution in [3.8, 4) is 5.69 Å². The third-order valence-corrected chi connectivity index (χ3v) is 3.52. The van der Waals surface area contributed by atoms with Gasteiger partial charge in [-0.25, -0.2) is 4.68 Å². The summed E-state index contributed by atoms with van der Waals surface area (Å²) in [7, 11) is 0. The number of nitrogens with zero attached hydrogens (tertiary/aromatic N) is 2. The minimum Gasteiger partial charge on any atom is -0.322 e. The summed E-state index contributed by atoms with van der Waals surface area (Å²) in [5, 5.41) is 7.06. The number of rotatable bonds is 4. The van der Waals surface area contributed by atoms with Crippen molar-refractivity contribution in [3.05, 3.63) is 78.1 Å². The van der Waals surface area contributed by atoms with E-state index in [0.29, 0.717) is 5.56 Å². The van der Waals surface area contributed by atoms with Crippen LogP contribution in [0.2, 0.25) is 0 Å². The molecular formula is C18H17N3O. The number of carbonyl (C=O) groups excluding carboxylic acids is 1. The van der Waals surface area contributed by atoms with E-state index in [1.807, 2.05) is 48.7 Å². The van der Waals surface area contributed by atoms with Gasteiger partial charge in [-0.3, -0.25) is 4.79 Å². The summed E-state index contributed by atoms with van der Waals surface area (Å²) in [5.74, 6) is -0.115. The summed E-state index contributed by atoms with van der Waals surface area (Å²) >= 11 is 0.